The van der Waals surface area contributed by atoms with E-state index in [2.05, 4.69) is 0 Å². The highest BCUT2D eigenvalue weighted by Gasteiger charge is 2.39. The summed E-state index contributed by atoms with van der Waals surface area (Å²) >= 11 is 0. The average Bonchev–Trinajstić information content (AvgIpc) is 2.28. The van der Waals surface area contributed by atoms with Gasteiger partial charge in [0.05, 0.1) is 0 Å². The fourth-order valence-electron chi connectivity index (χ4n) is 1.14. The maximum absolute atomic E-state index is 11.6. The van der Waals surface area contributed by atoms with Crippen LogP contribution in [0, 0.1) is 5.41 Å². The minimum atomic E-state index is -0.671. The Morgan fingerprint density at radius 3 is 1.85 bits per heavy atom. The second kappa shape index (κ2) is 2.94. The molecule has 0 aromatic rings. The van der Waals surface area contributed by atoms with E-state index in [9.17, 15) is 14.4 Å². The number of hydrogen-bond donors (Lipinski definition) is 0. The molecule has 0 unspecified atom stereocenters. The lowest BCUT2D eigenvalue weighted by Crippen LogP contribution is -2.42. The molecule has 1 aliphatic heterocycles. The fourth-order valence-corrected chi connectivity index (χ4v) is 1.14. The van der Waals surface area contributed by atoms with Crippen molar-refractivity contribution in [3.63, 3.8) is 0 Å². The molecule has 13 heavy (non-hydrogen) atoms. The Morgan fingerprint density at radius 1 is 1.15 bits per heavy atom. The van der Waals surface area contributed by atoms with E-state index in [4.69, 9.17) is 0 Å². The Balaban J connectivity index is 2.89. The van der Waals surface area contributed by atoms with Gasteiger partial charge >= 0.3 is 0 Å². The highest BCUT2D eigenvalue weighted by Crippen LogP contribution is 2.22. The summed E-state index contributed by atoms with van der Waals surface area (Å²) in [6.45, 7) is 5.07. The largest absolute Gasteiger partial charge is 0.274 e. The van der Waals surface area contributed by atoms with E-state index >= 15 is 0 Å². The van der Waals surface area contributed by atoms with E-state index < -0.39 is 11.3 Å². The van der Waals surface area contributed by atoms with E-state index in [1.54, 1.807) is 20.8 Å². The number of likely N-dealkylation sites (tertiary alicyclic amines) is 1. The first-order valence-electron chi connectivity index (χ1n) is 4.24. The van der Waals surface area contributed by atoms with Gasteiger partial charge in [0.1, 0.15) is 0 Å². The van der Waals surface area contributed by atoms with Crippen LogP contribution >= 0.6 is 0 Å². The SMILES string of the molecule is CC(C)(C)C(=O)N1C(=O)CCC1=O. The fraction of sp³-hybridized carbons (Fsp3) is 0.667. The van der Waals surface area contributed by atoms with Crippen LogP contribution in [0.25, 0.3) is 0 Å². The highest BCUT2D eigenvalue weighted by molar-refractivity contribution is 6.16. The lowest BCUT2D eigenvalue weighted by atomic mass is 9.95. The topological polar surface area (TPSA) is 54.5 Å². The molecule has 0 N–H and O–H groups in total. The molecule has 0 radical (unpaired) electrons. The molecule has 1 saturated heterocycles. The normalized spacial score (nSPS) is 18.2. The van der Waals surface area contributed by atoms with Crippen molar-refractivity contribution in [2.45, 2.75) is 33.6 Å². The van der Waals surface area contributed by atoms with Gasteiger partial charge in [0.25, 0.3) is 0 Å². The smallest absolute Gasteiger partial charge is 0.241 e. The molecule has 4 nitrogen and oxygen atoms in total. The third-order valence-electron chi connectivity index (χ3n) is 1.90. The molecule has 1 rings (SSSR count). The first-order valence-corrected chi connectivity index (χ1v) is 4.24. The summed E-state index contributed by atoms with van der Waals surface area (Å²) in [6, 6.07) is 0. The van der Waals surface area contributed by atoms with Crippen molar-refractivity contribution in [1.29, 1.82) is 0 Å². The van der Waals surface area contributed by atoms with Crippen LogP contribution in [0.3, 0.4) is 0 Å². The Bertz CT molecular complexity index is 259. The van der Waals surface area contributed by atoms with Crippen LogP contribution in [0.2, 0.25) is 0 Å². The monoisotopic (exact) mass is 183 g/mol. The molecule has 0 saturated carbocycles. The third kappa shape index (κ3) is 1.76. The predicted molar refractivity (Wildman–Crippen MR) is 45.5 cm³/mol. The Hall–Kier alpha value is -1.19. The third-order valence-corrected chi connectivity index (χ3v) is 1.90. The van der Waals surface area contributed by atoms with Gasteiger partial charge in [0.2, 0.25) is 17.7 Å². The van der Waals surface area contributed by atoms with Gasteiger partial charge in [-0.3, -0.25) is 14.4 Å². The molecular formula is C9H13NO3. The van der Waals surface area contributed by atoms with E-state index in [1.165, 1.54) is 0 Å². The molecule has 4 heteroatoms. The molecule has 1 heterocycles. The van der Waals surface area contributed by atoms with E-state index in [0.717, 1.165) is 4.90 Å². The maximum atomic E-state index is 11.6. The molecule has 0 spiro atoms. The molecule has 1 aliphatic rings. The summed E-state index contributed by atoms with van der Waals surface area (Å²) in [5.41, 5.74) is -0.671. The summed E-state index contributed by atoms with van der Waals surface area (Å²) < 4.78 is 0. The van der Waals surface area contributed by atoms with Gasteiger partial charge in [-0.1, -0.05) is 20.8 Å². The lowest BCUT2D eigenvalue weighted by molar-refractivity contribution is -0.153. The van der Waals surface area contributed by atoms with Gasteiger partial charge in [-0.05, 0) is 0 Å². The van der Waals surface area contributed by atoms with Crippen molar-refractivity contribution in [3.8, 4) is 0 Å². The summed E-state index contributed by atoms with van der Waals surface area (Å²) in [7, 11) is 0. The van der Waals surface area contributed by atoms with Gasteiger partial charge in [-0.2, -0.15) is 0 Å². The summed E-state index contributed by atoms with van der Waals surface area (Å²) in [5.74, 6) is -1.14. The van der Waals surface area contributed by atoms with Crippen LogP contribution in [0.1, 0.15) is 33.6 Å². The van der Waals surface area contributed by atoms with Crippen molar-refractivity contribution in [1.82, 2.24) is 4.90 Å². The van der Waals surface area contributed by atoms with Gasteiger partial charge < -0.3 is 0 Å². The summed E-state index contributed by atoms with van der Waals surface area (Å²) in [6.07, 6.45) is 0.335. The van der Waals surface area contributed by atoms with Crippen LogP contribution < -0.4 is 0 Å². The predicted octanol–water partition coefficient (Wildman–Crippen LogP) is 0.708. The van der Waals surface area contributed by atoms with Gasteiger partial charge in [-0.15, -0.1) is 0 Å². The number of hydrogen-bond acceptors (Lipinski definition) is 3. The quantitative estimate of drug-likeness (QED) is 0.520. The first-order chi connectivity index (χ1) is 5.84. The van der Waals surface area contributed by atoms with E-state index in [0.29, 0.717) is 0 Å². The Kier molecular flexibility index (Phi) is 2.24. The van der Waals surface area contributed by atoms with Crippen LogP contribution in [-0.4, -0.2) is 22.6 Å². The first kappa shape index (κ1) is 9.89. The zero-order valence-corrected chi connectivity index (χ0v) is 8.09. The van der Waals surface area contributed by atoms with E-state index in [1.807, 2.05) is 0 Å². The lowest BCUT2D eigenvalue weighted by Gasteiger charge is -2.22. The molecule has 72 valence electrons. The van der Waals surface area contributed by atoms with Crippen LogP contribution in [-0.2, 0) is 14.4 Å². The molecular weight excluding hydrogens is 170 g/mol. The number of nitrogens with zero attached hydrogens (tertiary/aromatic N) is 1. The van der Waals surface area contributed by atoms with Crippen molar-refractivity contribution in [3.05, 3.63) is 0 Å². The second-order valence-electron chi connectivity index (χ2n) is 4.18. The Morgan fingerprint density at radius 2 is 1.54 bits per heavy atom. The number of amides is 3. The minimum Gasteiger partial charge on any atom is -0.274 e. The summed E-state index contributed by atoms with van der Waals surface area (Å²) in [5, 5.41) is 0. The van der Waals surface area contributed by atoms with Crippen molar-refractivity contribution >= 4 is 17.7 Å². The van der Waals surface area contributed by atoms with Crippen LogP contribution in [0.5, 0.6) is 0 Å². The Labute approximate surface area is 76.9 Å². The summed E-state index contributed by atoms with van der Waals surface area (Å²) in [4.78, 5) is 34.7. The van der Waals surface area contributed by atoms with Crippen LogP contribution in [0.4, 0.5) is 0 Å². The number of imide groups is 3. The minimum absolute atomic E-state index is 0.167. The number of carbonyl (C=O) groups is 3. The van der Waals surface area contributed by atoms with Gasteiger partial charge in [0, 0.05) is 18.3 Å². The van der Waals surface area contributed by atoms with Crippen molar-refractivity contribution in [2.75, 3.05) is 0 Å². The molecule has 0 aromatic heterocycles. The van der Waals surface area contributed by atoms with Crippen LogP contribution in [0.15, 0.2) is 0 Å². The standard InChI is InChI=1S/C9H13NO3/c1-9(2,3)8(13)10-6(11)4-5-7(10)12/h4-5H2,1-3H3. The van der Waals surface area contributed by atoms with Crippen molar-refractivity contribution < 1.29 is 14.4 Å². The second-order valence-corrected chi connectivity index (χ2v) is 4.18. The zero-order chi connectivity index (χ0) is 10.2. The maximum Gasteiger partial charge on any atom is 0.241 e. The van der Waals surface area contributed by atoms with Gasteiger partial charge in [-0.25, -0.2) is 4.90 Å². The molecule has 3 amide bonds. The van der Waals surface area contributed by atoms with Gasteiger partial charge in [0.15, 0.2) is 0 Å². The highest BCUT2D eigenvalue weighted by atomic mass is 16.2. The number of rotatable bonds is 0. The zero-order valence-electron chi connectivity index (χ0n) is 8.09. The number of carbonyl (C=O) groups excluding carboxylic acids is 3. The molecule has 0 aromatic carbocycles. The molecule has 0 atom stereocenters. The molecule has 0 aliphatic carbocycles. The molecule has 1 fully saturated rings. The van der Waals surface area contributed by atoms with E-state index in [-0.39, 0.29) is 24.7 Å². The average molecular weight is 183 g/mol. The molecule has 0 bridgehead atoms. The van der Waals surface area contributed by atoms with Crippen molar-refractivity contribution in [2.24, 2.45) is 5.41 Å².